The Labute approximate surface area is 167 Å². The molecule has 0 spiro atoms. The summed E-state index contributed by atoms with van der Waals surface area (Å²) in [6.45, 7) is 14.0. The van der Waals surface area contributed by atoms with Gasteiger partial charge in [0.25, 0.3) is 0 Å². The van der Waals surface area contributed by atoms with Crippen molar-refractivity contribution in [1.82, 2.24) is 14.5 Å². The lowest BCUT2D eigenvalue weighted by atomic mass is 10.1. The molecule has 0 saturated carbocycles. The Bertz CT molecular complexity index is 828. The minimum atomic E-state index is -1.85. The molecule has 0 amide bonds. The Morgan fingerprint density at radius 3 is 2.59 bits per heavy atom. The predicted molar refractivity (Wildman–Crippen MR) is 110 cm³/mol. The van der Waals surface area contributed by atoms with Gasteiger partial charge >= 0.3 is 5.97 Å². The van der Waals surface area contributed by atoms with Crippen LogP contribution in [-0.2, 0) is 15.7 Å². The third kappa shape index (κ3) is 4.97. The summed E-state index contributed by atoms with van der Waals surface area (Å²) in [7, 11) is -0.479. The summed E-state index contributed by atoms with van der Waals surface area (Å²) in [4.78, 5) is 20.5. The second kappa shape index (κ2) is 8.12. The number of carbonyl (C=O) groups excluding carboxylic acids is 1. The van der Waals surface area contributed by atoms with Crippen LogP contribution in [0.5, 0.6) is 0 Å². The van der Waals surface area contributed by atoms with Gasteiger partial charge in [0.05, 0.1) is 19.4 Å². The van der Waals surface area contributed by atoms with Crippen LogP contribution >= 0.6 is 11.6 Å². The molecule has 0 bridgehead atoms. The standard InChI is InChI=1S/C19H28ClN3O3Si/c1-13-11-21-18(20)22-16(13)14-10-15(17(24)25-5)23(12-14)8-9-26-27(6,7)19(2,3)4/h10-12H,8-9H2,1-7H3. The Hall–Kier alpha value is -1.70. The number of esters is 1. The summed E-state index contributed by atoms with van der Waals surface area (Å²) in [5, 5.41) is 0.304. The Balaban J connectivity index is 2.29. The molecule has 0 aliphatic carbocycles. The summed E-state index contributed by atoms with van der Waals surface area (Å²) in [6.07, 6.45) is 3.55. The van der Waals surface area contributed by atoms with Crippen LogP contribution in [0.4, 0.5) is 0 Å². The summed E-state index contributed by atoms with van der Waals surface area (Å²) in [5.74, 6) is -0.397. The molecule has 0 saturated heterocycles. The van der Waals surface area contributed by atoms with E-state index < -0.39 is 14.3 Å². The summed E-state index contributed by atoms with van der Waals surface area (Å²) in [5.41, 5.74) is 2.83. The van der Waals surface area contributed by atoms with Crippen molar-refractivity contribution in [3.8, 4) is 11.3 Å². The van der Waals surface area contributed by atoms with Crippen molar-refractivity contribution < 1.29 is 14.0 Å². The van der Waals surface area contributed by atoms with Gasteiger partial charge in [-0.05, 0) is 48.3 Å². The van der Waals surface area contributed by atoms with Gasteiger partial charge in [-0.1, -0.05) is 20.8 Å². The predicted octanol–water partition coefficient (Wildman–Crippen LogP) is 4.72. The second-order valence-corrected chi connectivity index (χ2v) is 13.2. The molecule has 2 aromatic rings. The van der Waals surface area contributed by atoms with Crippen molar-refractivity contribution in [2.75, 3.05) is 13.7 Å². The fraction of sp³-hybridized carbons (Fsp3) is 0.526. The van der Waals surface area contributed by atoms with Crippen LogP contribution in [0.1, 0.15) is 36.8 Å². The van der Waals surface area contributed by atoms with Crippen molar-refractivity contribution in [2.24, 2.45) is 0 Å². The Kier molecular flexibility index (Phi) is 6.50. The van der Waals surface area contributed by atoms with Gasteiger partial charge in [0.1, 0.15) is 5.69 Å². The zero-order valence-corrected chi connectivity index (χ0v) is 18.8. The van der Waals surface area contributed by atoms with E-state index in [9.17, 15) is 4.79 Å². The molecule has 0 aliphatic heterocycles. The molecule has 2 rings (SSSR count). The van der Waals surface area contributed by atoms with E-state index in [0.717, 1.165) is 11.1 Å². The number of aryl methyl sites for hydroxylation is 1. The number of aromatic nitrogens is 3. The van der Waals surface area contributed by atoms with E-state index in [0.29, 0.717) is 24.5 Å². The molecule has 0 fully saturated rings. The minimum absolute atomic E-state index is 0.134. The molecule has 0 aliphatic rings. The molecule has 0 N–H and O–H groups in total. The number of hydrogen-bond donors (Lipinski definition) is 0. The first-order valence-electron chi connectivity index (χ1n) is 8.88. The van der Waals surface area contributed by atoms with Gasteiger partial charge in [0.2, 0.25) is 5.28 Å². The largest absolute Gasteiger partial charge is 0.464 e. The summed E-state index contributed by atoms with van der Waals surface area (Å²) in [6, 6.07) is 1.77. The van der Waals surface area contributed by atoms with Crippen LogP contribution in [0.3, 0.4) is 0 Å². The Morgan fingerprint density at radius 1 is 1.33 bits per heavy atom. The van der Waals surface area contributed by atoms with Crippen LogP contribution in [0.15, 0.2) is 18.5 Å². The van der Waals surface area contributed by atoms with Crippen LogP contribution in [0, 0.1) is 6.92 Å². The van der Waals surface area contributed by atoms with Gasteiger partial charge in [-0.15, -0.1) is 0 Å². The number of ether oxygens (including phenoxy) is 1. The average Bonchev–Trinajstić information content (AvgIpc) is 2.99. The van der Waals surface area contributed by atoms with Crippen molar-refractivity contribution >= 4 is 25.9 Å². The first-order valence-corrected chi connectivity index (χ1v) is 12.2. The van der Waals surface area contributed by atoms with Crippen LogP contribution in [0.25, 0.3) is 11.3 Å². The highest BCUT2D eigenvalue weighted by Crippen LogP contribution is 2.36. The molecule has 27 heavy (non-hydrogen) atoms. The molecule has 6 nitrogen and oxygen atoms in total. The van der Waals surface area contributed by atoms with Crippen molar-refractivity contribution in [1.29, 1.82) is 0 Å². The molecule has 0 aromatic carbocycles. The molecular formula is C19H28ClN3O3Si. The number of methoxy groups -OCH3 is 1. The number of nitrogens with zero attached hydrogens (tertiary/aromatic N) is 3. The fourth-order valence-electron chi connectivity index (χ4n) is 2.43. The first kappa shape index (κ1) is 21.6. The number of rotatable bonds is 6. The molecule has 0 radical (unpaired) electrons. The molecule has 148 valence electrons. The average molecular weight is 410 g/mol. The number of carbonyl (C=O) groups is 1. The van der Waals surface area contributed by atoms with E-state index in [1.807, 2.05) is 17.7 Å². The summed E-state index contributed by atoms with van der Waals surface area (Å²) >= 11 is 5.94. The zero-order chi connectivity index (χ0) is 20.4. The maximum atomic E-state index is 12.2. The van der Waals surface area contributed by atoms with Gasteiger partial charge in [-0.2, -0.15) is 0 Å². The van der Waals surface area contributed by atoms with Gasteiger partial charge in [-0.25, -0.2) is 14.8 Å². The monoisotopic (exact) mass is 409 g/mol. The number of halogens is 1. The lowest BCUT2D eigenvalue weighted by Crippen LogP contribution is -2.41. The Morgan fingerprint density at radius 2 is 2.00 bits per heavy atom. The van der Waals surface area contributed by atoms with E-state index >= 15 is 0 Å². The van der Waals surface area contributed by atoms with Gasteiger partial charge in [-0.3, -0.25) is 0 Å². The topological polar surface area (TPSA) is 66.2 Å². The van der Waals surface area contributed by atoms with Gasteiger partial charge < -0.3 is 13.7 Å². The molecule has 8 heteroatoms. The van der Waals surface area contributed by atoms with Crippen molar-refractivity contribution in [2.45, 2.75) is 52.4 Å². The lowest BCUT2D eigenvalue weighted by molar-refractivity contribution is 0.0587. The van der Waals surface area contributed by atoms with Crippen LogP contribution in [0.2, 0.25) is 23.4 Å². The highest BCUT2D eigenvalue weighted by molar-refractivity contribution is 6.74. The van der Waals surface area contributed by atoms with Gasteiger partial charge in [0, 0.05) is 24.5 Å². The zero-order valence-electron chi connectivity index (χ0n) is 17.1. The van der Waals surface area contributed by atoms with E-state index in [4.69, 9.17) is 20.8 Å². The normalized spacial score (nSPS) is 12.3. The highest BCUT2D eigenvalue weighted by atomic mass is 35.5. The second-order valence-electron chi connectivity index (χ2n) is 8.08. The van der Waals surface area contributed by atoms with E-state index in [1.165, 1.54) is 7.11 Å². The van der Waals surface area contributed by atoms with Crippen LogP contribution < -0.4 is 0 Å². The third-order valence-electron chi connectivity index (χ3n) is 5.11. The lowest BCUT2D eigenvalue weighted by Gasteiger charge is -2.36. The number of hydrogen-bond acceptors (Lipinski definition) is 5. The first-order chi connectivity index (χ1) is 12.5. The molecule has 2 aromatic heterocycles. The smallest absolute Gasteiger partial charge is 0.354 e. The van der Waals surface area contributed by atoms with E-state index in [1.54, 1.807) is 12.3 Å². The van der Waals surface area contributed by atoms with E-state index in [-0.39, 0.29) is 10.3 Å². The molecular weight excluding hydrogens is 382 g/mol. The van der Waals surface area contributed by atoms with Crippen LogP contribution in [-0.4, -0.2) is 42.5 Å². The van der Waals surface area contributed by atoms with Gasteiger partial charge in [0.15, 0.2) is 8.32 Å². The summed E-state index contributed by atoms with van der Waals surface area (Å²) < 4.78 is 13.0. The highest BCUT2D eigenvalue weighted by Gasteiger charge is 2.37. The maximum absolute atomic E-state index is 12.2. The fourth-order valence-corrected chi connectivity index (χ4v) is 3.60. The van der Waals surface area contributed by atoms with E-state index in [2.05, 4.69) is 43.8 Å². The quantitative estimate of drug-likeness (QED) is 0.392. The van der Waals surface area contributed by atoms with Crippen molar-refractivity contribution in [3.05, 3.63) is 35.0 Å². The molecule has 0 atom stereocenters. The molecule has 2 heterocycles. The molecule has 0 unspecified atom stereocenters. The maximum Gasteiger partial charge on any atom is 0.354 e. The minimum Gasteiger partial charge on any atom is -0.464 e. The third-order valence-corrected chi connectivity index (χ3v) is 9.83. The SMILES string of the molecule is COC(=O)c1cc(-c2nc(Cl)ncc2C)cn1CCO[Si](C)(C)C(C)(C)C. The van der Waals surface area contributed by atoms with Crippen molar-refractivity contribution in [3.63, 3.8) is 0 Å².